The van der Waals surface area contributed by atoms with Crippen molar-refractivity contribution < 1.29 is 13.9 Å². The van der Waals surface area contributed by atoms with Crippen LogP contribution in [-0.4, -0.2) is 55.9 Å². The quantitative estimate of drug-likeness (QED) is 0.361. The van der Waals surface area contributed by atoms with Gasteiger partial charge < -0.3 is 24.1 Å². The van der Waals surface area contributed by atoms with Crippen LogP contribution in [0.1, 0.15) is 23.5 Å². The number of rotatable bonds is 6. The van der Waals surface area contributed by atoms with E-state index in [2.05, 4.69) is 27.7 Å². The standard InChI is InChI=1S/C20H27N3O3S.HI/c1-4-16(24-10-1)7-8-21-20(22-14-17-5-3-13-27-17)23-9-12-26-19(15-23)18-6-2-11-25-18;/h1,3-5,10,13,18-19H,2,6-9,11-12,14-15H2,(H,21,22);1H. The zero-order valence-electron chi connectivity index (χ0n) is 15.9. The summed E-state index contributed by atoms with van der Waals surface area (Å²) in [7, 11) is 0. The van der Waals surface area contributed by atoms with E-state index in [-0.39, 0.29) is 36.2 Å². The Hall–Kier alpha value is -1.10. The number of hydrogen-bond donors (Lipinski definition) is 1. The monoisotopic (exact) mass is 517 g/mol. The molecular weight excluding hydrogens is 489 g/mol. The maximum atomic E-state index is 5.99. The molecule has 8 heteroatoms. The second-order valence-corrected chi connectivity index (χ2v) is 7.91. The molecule has 2 aromatic heterocycles. The Balaban J connectivity index is 0.00000225. The van der Waals surface area contributed by atoms with Crippen LogP contribution in [0.25, 0.3) is 0 Å². The Morgan fingerprint density at radius 1 is 1.21 bits per heavy atom. The molecule has 2 atom stereocenters. The van der Waals surface area contributed by atoms with Gasteiger partial charge in [0.2, 0.25) is 0 Å². The summed E-state index contributed by atoms with van der Waals surface area (Å²) in [5.74, 6) is 1.93. The molecular formula is C20H28IN3O3S. The lowest BCUT2D eigenvalue weighted by molar-refractivity contribution is -0.0817. The fraction of sp³-hybridized carbons (Fsp3) is 0.550. The summed E-state index contributed by atoms with van der Waals surface area (Å²) in [4.78, 5) is 8.46. The summed E-state index contributed by atoms with van der Waals surface area (Å²) in [6.07, 6.45) is 5.12. The molecule has 0 saturated carbocycles. The molecule has 0 radical (unpaired) electrons. The number of aliphatic imine (C=N–C) groups is 1. The summed E-state index contributed by atoms with van der Waals surface area (Å²) in [6.45, 7) is 4.72. The van der Waals surface area contributed by atoms with E-state index in [1.165, 1.54) is 4.88 Å². The lowest BCUT2D eigenvalue weighted by Gasteiger charge is -2.37. The summed E-state index contributed by atoms with van der Waals surface area (Å²) in [5.41, 5.74) is 0. The van der Waals surface area contributed by atoms with Crippen LogP contribution >= 0.6 is 35.3 Å². The first-order chi connectivity index (χ1) is 13.4. The molecule has 1 N–H and O–H groups in total. The van der Waals surface area contributed by atoms with E-state index in [0.29, 0.717) is 13.2 Å². The van der Waals surface area contributed by atoms with E-state index < -0.39 is 0 Å². The van der Waals surface area contributed by atoms with E-state index >= 15 is 0 Å². The van der Waals surface area contributed by atoms with Crippen molar-refractivity contribution >= 4 is 41.3 Å². The lowest BCUT2D eigenvalue weighted by Crippen LogP contribution is -2.53. The normalized spacial score (nSPS) is 22.9. The van der Waals surface area contributed by atoms with Gasteiger partial charge in [0.05, 0.1) is 25.5 Å². The number of ether oxygens (including phenoxy) is 2. The van der Waals surface area contributed by atoms with Crippen LogP contribution in [0.3, 0.4) is 0 Å². The molecule has 2 fully saturated rings. The van der Waals surface area contributed by atoms with Gasteiger partial charge in [-0.25, -0.2) is 4.99 Å². The number of morpholine rings is 1. The van der Waals surface area contributed by atoms with E-state index in [0.717, 1.165) is 57.2 Å². The fourth-order valence-electron chi connectivity index (χ4n) is 3.56. The van der Waals surface area contributed by atoms with Crippen LogP contribution in [0.4, 0.5) is 0 Å². The topological polar surface area (TPSA) is 59.2 Å². The number of thiophene rings is 1. The molecule has 0 aromatic carbocycles. The van der Waals surface area contributed by atoms with Crippen LogP contribution in [0.15, 0.2) is 45.3 Å². The zero-order valence-corrected chi connectivity index (χ0v) is 19.1. The third-order valence-corrected chi connectivity index (χ3v) is 5.83. The smallest absolute Gasteiger partial charge is 0.194 e. The predicted octanol–water partition coefficient (Wildman–Crippen LogP) is 3.53. The molecule has 28 heavy (non-hydrogen) atoms. The summed E-state index contributed by atoms with van der Waals surface area (Å²) >= 11 is 1.74. The van der Waals surface area contributed by atoms with Crippen LogP contribution in [-0.2, 0) is 22.4 Å². The molecule has 0 spiro atoms. The zero-order chi connectivity index (χ0) is 18.3. The van der Waals surface area contributed by atoms with Gasteiger partial charge in [-0.15, -0.1) is 35.3 Å². The van der Waals surface area contributed by atoms with Crippen molar-refractivity contribution in [2.24, 2.45) is 4.99 Å². The van der Waals surface area contributed by atoms with Crippen molar-refractivity contribution in [2.75, 3.05) is 32.8 Å². The van der Waals surface area contributed by atoms with Crippen LogP contribution in [0.5, 0.6) is 0 Å². The Morgan fingerprint density at radius 3 is 2.89 bits per heavy atom. The number of guanidine groups is 1. The Morgan fingerprint density at radius 2 is 2.14 bits per heavy atom. The maximum absolute atomic E-state index is 5.99. The van der Waals surface area contributed by atoms with Crippen LogP contribution in [0, 0.1) is 0 Å². The predicted molar refractivity (Wildman–Crippen MR) is 122 cm³/mol. The van der Waals surface area contributed by atoms with Gasteiger partial charge in [-0.1, -0.05) is 6.07 Å². The number of hydrogen-bond acceptors (Lipinski definition) is 5. The summed E-state index contributed by atoms with van der Waals surface area (Å²) < 4.78 is 17.3. The van der Waals surface area contributed by atoms with Crippen LogP contribution in [0.2, 0.25) is 0 Å². The van der Waals surface area contributed by atoms with Gasteiger partial charge in [0.1, 0.15) is 11.9 Å². The third-order valence-electron chi connectivity index (χ3n) is 4.97. The molecule has 154 valence electrons. The van der Waals surface area contributed by atoms with E-state index in [4.69, 9.17) is 18.9 Å². The van der Waals surface area contributed by atoms with Gasteiger partial charge in [0.15, 0.2) is 5.96 Å². The van der Waals surface area contributed by atoms with Crippen molar-refractivity contribution in [1.29, 1.82) is 0 Å². The number of furan rings is 1. The molecule has 4 rings (SSSR count). The molecule has 2 unspecified atom stereocenters. The fourth-order valence-corrected chi connectivity index (χ4v) is 4.19. The molecule has 4 heterocycles. The minimum Gasteiger partial charge on any atom is -0.469 e. The highest BCUT2D eigenvalue weighted by Gasteiger charge is 2.32. The van der Waals surface area contributed by atoms with Gasteiger partial charge in [0.25, 0.3) is 0 Å². The van der Waals surface area contributed by atoms with Crippen molar-refractivity contribution in [2.45, 2.75) is 38.0 Å². The molecule has 2 aliphatic rings. The van der Waals surface area contributed by atoms with Gasteiger partial charge >= 0.3 is 0 Å². The Kier molecular flexibility index (Phi) is 8.63. The largest absolute Gasteiger partial charge is 0.469 e. The van der Waals surface area contributed by atoms with E-state index in [9.17, 15) is 0 Å². The Bertz CT molecular complexity index is 702. The average Bonchev–Trinajstić information content (AvgIpc) is 3.48. The van der Waals surface area contributed by atoms with Gasteiger partial charge in [0, 0.05) is 37.5 Å². The number of nitrogens with one attached hydrogen (secondary N) is 1. The number of halogens is 1. The number of nitrogens with zero attached hydrogens (tertiary/aromatic N) is 2. The summed E-state index contributed by atoms with van der Waals surface area (Å²) in [5, 5.41) is 5.62. The highest BCUT2D eigenvalue weighted by Crippen LogP contribution is 2.21. The average molecular weight is 517 g/mol. The second kappa shape index (κ2) is 11.2. The minimum atomic E-state index is 0. The molecule has 6 nitrogen and oxygen atoms in total. The van der Waals surface area contributed by atoms with E-state index in [1.807, 2.05) is 12.1 Å². The first-order valence-corrected chi connectivity index (χ1v) is 10.6. The van der Waals surface area contributed by atoms with Crippen molar-refractivity contribution in [3.63, 3.8) is 0 Å². The minimum absolute atomic E-state index is 0. The van der Waals surface area contributed by atoms with Crippen molar-refractivity contribution in [1.82, 2.24) is 10.2 Å². The molecule has 0 aliphatic carbocycles. The molecule has 0 bridgehead atoms. The SMILES string of the molecule is I.c1coc(CCNC(=NCc2cccs2)N2CCOC(C3CCCO3)C2)c1. The maximum Gasteiger partial charge on any atom is 0.194 e. The molecule has 2 aromatic rings. The molecule has 0 amide bonds. The Labute approximate surface area is 187 Å². The van der Waals surface area contributed by atoms with Crippen molar-refractivity contribution in [3.8, 4) is 0 Å². The van der Waals surface area contributed by atoms with Gasteiger partial charge in [-0.3, -0.25) is 0 Å². The van der Waals surface area contributed by atoms with Gasteiger partial charge in [-0.2, -0.15) is 0 Å². The van der Waals surface area contributed by atoms with E-state index in [1.54, 1.807) is 17.6 Å². The third kappa shape index (κ3) is 5.95. The van der Waals surface area contributed by atoms with Gasteiger partial charge in [-0.05, 0) is 36.4 Å². The van der Waals surface area contributed by atoms with Crippen molar-refractivity contribution in [3.05, 3.63) is 46.5 Å². The highest BCUT2D eigenvalue weighted by atomic mass is 127. The first kappa shape index (κ1) is 21.6. The van der Waals surface area contributed by atoms with Crippen LogP contribution < -0.4 is 5.32 Å². The first-order valence-electron chi connectivity index (χ1n) is 9.70. The lowest BCUT2D eigenvalue weighted by atomic mass is 10.1. The molecule has 2 aliphatic heterocycles. The second-order valence-electron chi connectivity index (χ2n) is 6.88. The highest BCUT2D eigenvalue weighted by molar-refractivity contribution is 14.0. The summed E-state index contributed by atoms with van der Waals surface area (Å²) in [6, 6.07) is 8.13. The molecule has 2 saturated heterocycles.